The zero-order valence-corrected chi connectivity index (χ0v) is 16.8. The van der Waals surface area contributed by atoms with Crippen molar-refractivity contribution in [3.8, 4) is 0 Å². The van der Waals surface area contributed by atoms with Crippen molar-refractivity contribution in [2.75, 3.05) is 30.4 Å². The molecule has 0 amide bonds. The largest absolute Gasteiger partial charge is 0.355 e. The topological polar surface area (TPSA) is 70.9 Å². The summed E-state index contributed by atoms with van der Waals surface area (Å²) < 4.78 is 1.74. The molecule has 7 nitrogen and oxygen atoms in total. The second-order valence-corrected chi connectivity index (χ2v) is 8.39. The van der Waals surface area contributed by atoms with E-state index in [2.05, 4.69) is 37.6 Å². The molecule has 0 bridgehead atoms. The van der Waals surface area contributed by atoms with Crippen LogP contribution in [0.3, 0.4) is 0 Å². The summed E-state index contributed by atoms with van der Waals surface area (Å²) in [4.78, 5) is 11.2. The number of nitrogens with one attached hydrogen (secondary N) is 2. The maximum Gasteiger partial charge on any atom is 0.229 e. The van der Waals surface area contributed by atoms with Crippen molar-refractivity contribution < 1.29 is 0 Å². The van der Waals surface area contributed by atoms with E-state index in [-0.39, 0.29) is 0 Å². The summed E-state index contributed by atoms with van der Waals surface area (Å²) in [6.07, 6.45) is 12.9. The summed E-state index contributed by atoms with van der Waals surface area (Å²) in [6, 6.07) is 0.476. The number of piperidine rings is 1. The van der Waals surface area contributed by atoms with Crippen molar-refractivity contribution in [3.05, 3.63) is 23.6 Å². The molecule has 146 valence electrons. The Balaban J connectivity index is 1.45. The minimum absolute atomic E-state index is 0.476. The van der Waals surface area contributed by atoms with Gasteiger partial charge in [0.1, 0.15) is 5.02 Å². The van der Waals surface area contributed by atoms with Crippen LogP contribution in [0.4, 0.5) is 17.5 Å². The number of nitrogens with zero attached hydrogens (tertiary/aromatic N) is 5. The van der Waals surface area contributed by atoms with Gasteiger partial charge in [0.25, 0.3) is 0 Å². The van der Waals surface area contributed by atoms with E-state index in [1.165, 1.54) is 51.6 Å². The average Bonchev–Trinajstić information content (AvgIpc) is 3.09. The summed E-state index contributed by atoms with van der Waals surface area (Å²) in [7, 11) is 3.98. The highest BCUT2D eigenvalue weighted by Gasteiger charge is 2.37. The summed E-state index contributed by atoms with van der Waals surface area (Å²) in [5.41, 5.74) is 1.42. The fraction of sp³-hybridized carbons (Fsp3) is 0.632. The lowest BCUT2D eigenvalue weighted by atomic mass is 9.67. The maximum absolute atomic E-state index is 6.44. The molecule has 1 aliphatic carbocycles. The number of rotatable bonds is 4. The number of aryl methyl sites for hydroxylation is 1. The van der Waals surface area contributed by atoms with Gasteiger partial charge in [0, 0.05) is 26.3 Å². The highest BCUT2D eigenvalue weighted by atomic mass is 35.5. The molecule has 2 fully saturated rings. The van der Waals surface area contributed by atoms with Crippen LogP contribution in [-0.2, 0) is 7.05 Å². The van der Waals surface area contributed by atoms with Crippen molar-refractivity contribution in [2.45, 2.75) is 44.6 Å². The monoisotopic (exact) mass is 389 g/mol. The first-order valence-corrected chi connectivity index (χ1v) is 10.1. The van der Waals surface area contributed by atoms with E-state index in [9.17, 15) is 0 Å². The molecule has 1 spiro atoms. The van der Waals surface area contributed by atoms with Crippen molar-refractivity contribution in [2.24, 2.45) is 12.5 Å². The minimum atomic E-state index is 0.476. The van der Waals surface area contributed by atoms with Crippen LogP contribution >= 0.6 is 11.6 Å². The average molecular weight is 390 g/mol. The summed E-state index contributed by atoms with van der Waals surface area (Å²) in [6.45, 7) is 2.34. The van der Waals surface area contributed by atoms with Crippen LogP contribution in [-0.4, -0.2) is 45.9 Å². The van der Waals surface area contributed by atoms with E-state index in [1.807, 2.05) is 13.2 Å². The SMILES string of the molecule is CN(c1nc(Nc2cnn(C)c2)ncc1Cl)C1CCC2(CCNCC2)CC1. The second kappa shape index (κ2) is 7.64. The Kier molecular flexibility index (Phi) is 5.23. The van der Waals surface area contributed by atoms with E-state index in [0.29, 0.717) is 22.4 Å². The lowest BCUT2D eigenvalue weighted by molar-refractivity contribution is 0.123. The number of hydrogen-bond donors (Lipinski definition) is 2. The third kappa shape index (κ3) is 4.04. The number of anilines is 3. The van der Waals surface area contributed by atoms with Crippen LogP contribution in [0.1, 0.15) is 38.5 Å². The second-order valence-electron chi connectivity index (χ2n) is 7.98. The Morgan fingerprint density at radius 3 is 2.63 bits per heavy atom. The molecule has 3 heterocycles. The van der Waals surface area contributed by atoms with E-state index >= 15 is 0 Å². The van der Waals surface area contributed by atoms with Crippen LogP contribution in [0.15, 0.2) is 18.6 Å². The normalized spacial score (nSPS) is 20.0. The van der Waals surface area contributed by atoms with Gasteiger partial charge in [0.15, 0.2) is 5.82 Å². The van der Waals surface area contributed by atoms with Gasteiger partial charge in [-0.3, -0.25) is 4.68 Å². The van der Waals surface area contributed by atoms with Crippen LogP contribution < -0.4 is 15.5 Å². The Morgan fingerprint density at radius 1 is 1.22 bits per heavy atom. The summed E-state index contributed by atoms with van der Waals surface area (Å²) >= 11 is 6.44. The molecule has 1 aliphatic heterocycles. The first-order chi connectivity index (χ1) is 13.0. The van der Waals surface area contributed by atoms with Crippen molar-refractivity contribution in [1.29, 1.82) is 0 Å². The fourth-order valence-electron chi connectivity index (χ4n) is 4.51. The van der Waals surface area contributed by atoms with Gasteiger partial charge in [0.2, 0.25) is 5.95 Å². The molecular weight excluding hydrogens is 362 g/mol. The predicted octanol–water partition coefficient (Wildman–Crippen LogP) is 3.36. The molecule has 4 rings (SSSR count). The van der Waals surface area contributed by atoms with Gasteiger partial charge in [-0.25, -0.2) is 4.98 Å². The quantitative estimate of drug-likeness (QED) is 0.835. The molecule has 0 radical (unpaired) electrons. The van der Waals surface area contributed by atoms with E-state index in [0.717, 1.165) is 11.5 Å². The fourth-order valence-corrected chi connectivity index (χ4v) is 4.74. The highest BCUT2D eigenvalue weighted by molar-refractivity contribution is 6.32. The van der Waals surface area contributed by atoms with E-state index < -0.39 is 0 Å². The molecule has 0 atom stereocenters. The number of halogens is 1. The van der Waals surface area contributed by atoms with Gasteiger partial charge >= 0.3 is 0 Å². The lowest BCUT2D eigenvalue weighted by Crippen LogP contribution is -2.44. The van der Waals surface area contributed by atoms with Crippen molar-refractivity contribution >= 4 is 29.1 Å². The Hall–Kier alpha value is -1.86. The third-order valence-electron chi connectivity index (χ3n) is 6.25. The summed E-state index contributed by atoms with van der Waals surface area (Å²) in [5, 5.41) is 11.4. The standard InChI is InChI=1S/C19H28ClN7/c1-26-13-14(11-23-26)24-18-22-12-16(20)17(25-18)27(2)15-3-5-19(6-4-15)7-9-21-10-8-19/h11-13,15,21H,3-10H2,1-2H3,(H,22,24,25). The van der Waals surface area contributed by atoms with Gasteiger partial charge in [-0.2, -0.15) is 10.1 Å². The van der Waals surface area contributed by atoms with E-state index in [1.54, 1.807) is 17.1 Å². The first kappa shape index (κ1) is 18.5. The molecule has 2 aromatic heterocycles. The van der Waals surface area contributed by atoms with Crippen molar-refractivity contribution in [1.82, 2.24) is 25.1 Å². The molecule has 2 aromatic rings. The minimum Gasteiger partial charge on any atom is -0.355 e. The van der Waals surface area contributed by atoms with Crippen LogP contribution in [0.25, 0.3) is 0 Å². The molecule has 2 aliphatic rings. The van der Waals surface area contributed by atoms with Crippen molar-refractivity contribution in [3.63, 3.8) is 0 Å². The Labute approximate surface area is 165 Å². The van der Waals surface area contributed by atoms with Gasteiger partial charge in [-0.05, 0) is 57.0 Å². The Morgan fingerprint density at radius 2 is 1.96 bits per heavy atom. The predicted molar refractivity (Wildman–Crippen MR) is 109 cm³/mol. The zero-order valence-electron chi connectivity index (χ0n) is 16.1. The molecule has 2 N–H and O–H groups in total. The summed E-state index contributed by atoms with van der Waals surface area (Å²) in [5.74, 6) is 1.34. The zero-order chi connectivity index (χ0) is 18.9. The van der Waals surface area contributed by atoms with Gasteiger partial charge < -0.3 is 15.5 Å². The molecule has 0 unspecified atom stereocenters. The maximum atomic E-state index is 6.44. The molecule has 8 heteroatoms. The number of hydrogen-bond acceptors (Lipinski definition) is 6. The van der Waals surface area contributed by atoms with E-state index in [4.69, 9.17) is 11.6 Å². The Bertz CT molecular complexity index is 774. The molecule has 0 aromatic carbocycles. The first-order valence-electron chi connectivity index (χ1n) is 9.76. The molecule has 27 heavy (non-hydrogen) atoms. The molecular formula is C19H28ClN7. The molecule has 1 saturated carbocycles. The van der Waals surface area contributed by atoms with Gasteiger partial charge in [-0.15, -0.1) is 0 Å². The third-order valence-corrected chi connectivity index (χ3v) is 6.52. The highest BCUT2D eigenvalue weighted by Crippen LogP contribution is 2.44. The van der Waals surface area contributed by atoms with Gasteiger partial charge in [0.05, 0.1) is 18.1 Å². The lowest BCUT2D eigenvalue weighted by Gasteiger charge is -2.45. The van der Waals surface area contributed by atoms with Crippen LogP contribution in [0, 0.1) is 5.41 Å². The number of aromatic nitrogens is 4. The van der Waals surface area contributed by atoms with Crippen LogP contribution in [0.5, 0.6) is 0 Å². The van der Waals surface area contributed by atoms with Gasteiger partial charge in [-0.1, -0.05) is 11.6 Å². The molecule has 1 saturated heterocycles. The smallest absolute Gasteiger partial charge is 0.229 e. The van der Waals surface area contributed by atoms with Crippen LogP contribution in [0.2, 0.25) is 5.02 Å².